The van der Waals surface area contributed by atoms with E-state index in [2.05, 4.69) is 71.6 Å². The predicted molar refractivity (Wildman–Crippen MR) is 107 cm³/mol. The number of rotatable bonds is 1. The minimum atomic E-state index is 0.673. The summed E-state index contributed by atoms with van der Waals surface area (Å²) < 4.78 is 0. The average molecular weight is 350 g/mol. The van der Waals surface area contributed by atoms with E-state index in [-0.39, 0.29) is 0 Å². The van der Waals surface area contributed by atoms with Crippen LogP contribution in [-0.4, -0.2) is 0 Å². The van der Waals surface area contributed by atoms with E-state index in [9.17, 15) is 0 Å². The van der Waals surface area contributed by atoms with Crippen LogP contribution in [-0.2, 0) is 0 Å². The molecule has 0 saturated carbocycles. The second-order valence-corrected chi connectivity index (χ2v) is 7.31. The van der Waals surface area contributed by atoms with Crippen LogP contribution in [0.1, 0.15) is 5.56 Å². The standard InChI is InChI=1S/C23H14N2S/c24-15-16-9-11-19(12-10-16)25-20-7-3-4-8-22(20)26-23-14-18-6-2-1-5-17(18)13-21(23)25/h1-14H. The van der Waals surface area contributed by atoms with Crippen molar-refractivity contribution in [1.82, 2.24) is 0 Å². The first-order valence-corrected chi connectivity index (χ1v) is 9.25. The zero-order valence-corrected chi connectivity index (χ0v) is 14.7. The number of fused-ring (bicyclic) bond motifs is 3. The quantitative estimate of drug-likeness (QED) is 0.339. The molecule has 0 bridgehead atoms. The van der Waals surface area contributed by atoms with Gasteiger partial charge in [-0.1, -0.05) is 48.2 Å². The lowest BCUT2D eigenvalue weighted by molar-refractivity contribution is 1.17. The summed E-state index contributed by atoms with van der Waals surface area (Å²) in [6.45, 7) is 0. The lowest BCUT2D eigenvalue weighted by atomic mass is 10.1. The van der Waals surface area contributed by atoms with Gasteiger partial charge in [0.15, 0.2) is 0 Å². The van der Waals surface area contributed by atoms with Crippen LogP contribution in [0.15, 0.2) is 94.7 Å². The zero-order valence-electron chi connectivity index (χ0n) is 13.9. The van der Waals surface area contributed by atoms with Gasteiger partial charge in [-0.3, -0.25) is 0 Å². The number of nitriles is 1. The Hall–Kier alpha value is -3.22. The molecular formula is C23H14N2S. The van der Waals surface area contributed by atoms with Gasteiger partial charge in [0.25, 0.3) is 0 Å². The summed E-state index contributed by atoms with van der Waals surface area (Å²) in [5.41, 5.74) is 4.09. The maximum Gasteiger partial charge on any atom is 0.0991 e. The largest absolute Gasteiger partial charge is 0.308 e. The fourth-order valence-corrected chi connectivity index (χ4v) is 4.49. The van der Waals surface area contributed by atoms with Crippen molar-refractivity contribution in [3.8, 4) is 6.07 Å². The van der Waals surface area contributed by atoms with Gasteiger partial charge >= 0.3 is 0 Å². The van der Waals surface area contributed by atoms with E-state index < -0.39 is 0 Å². The lowest BCUT2D eigenvalue weighted by Crippen LogP contribution is -2.14. The molecule has 1 heterocycles. The summed E-state index contributed by atoms with van der Waals surface area (Å²) in [6, 6.07) is 31.4. The molecule has 0 amide bonds. The molecule has 4 aromatic rings. The summed E-state index contributed by atoms with van der Waals surface area (Å²) in [5.74, 6) is 0. The first-order valence-electron chi connectivity index (χ1n) is 8.43. The Morgan fingerprint density at radius 2 is 1.38 bits per heavy atom. The molecule has 0 spiro atoms. The predicted octanol–water partition coefficient (Wildman–Crippen LogP) is 6.65. The van der Waals surface area contributed by atoms with Crippen molar-refractivity contribution in [1.29, 1.82) is 5.26 Å². The minimum Gasteiger partial charge on any atom is -0.308 e. The zero-order chi connectivity index (χ0) is 17.5. The second-order valence-electron chi connectivity index (χ2n) is 6.23. The first kappa shape index (κ1) is 15.1. The van der Waals surface area contributed by atoms with Gasteiger partial charge in [0.1, 0.15) is 0 Å². The highest BCUT2D eigenvalue weighted by molar-refractivity contribution is 7.99. The van der Waals surface area contributed by atoms with Gasteiger partial charge in [-0.05, 0) is 59.3 Å². The third-order valence-corrected chi connectivity index (χ3v) is 5.76. The molecule has 1 aliphatic rings. The van der Waals surface area contributed by atoms with Crippen LogP contribution in [0.2, 0.25) is 0 Å². The Morgan fingerprint density at radius 3 is 2.15 bits per heavy atom. The van der Waals surface area contributed by atoms with Gasteiger partial charge in [0, 0.05) is 15.5 Å². The van der Waals surface area contributed by atoms with Crippen LogP contribution in [0.3, 0.4) is 0 Å². The van der Waals surface area contributed by atoms with Gasteiger partial charge in [-0.15, -0.1) is 0 Å². The van der Waals surface area contributed by atoms with Crippen molar-refractivity contribution in [3.05, 3.63) is 90.5 Å². The third-order valence-electron chi connectivity index (χ3n) is 4.65. The van der Waals surface area contributed by atoms with Crippen molar-refractivity contribution in [2.45, 2.75) is 9.79 Å². The molecule has 5 rings (SSSR count). The highest BCUT2D eigenvalue weighted by Gasteiger charge is 2.25. The van der Waals surface area contributed by atoms with E-state index in [1.807, 2.05) is 36.0 Å². The van der Waals surface area contributed by atoms with Crippen LogP contribution in [0.5, 0.6) is 0 Å². The molecule has 2 nitrogen and oxygen atoms in total. The fraction of sp³-hybridized carbons (Fsp3) is 0. The van der Waals surface area contributed by atoms with Crippen molar-refractivity contribution in [3.63, 3.8) is 0 Å². The topological polar surface area (TPSA) is 27.0 Å². The summed E-state index contributed by atoms with van der Waals surface area (Å²) >= 11 is 1.81. The number of anilines is 3. The van der Waals surface area contributed by atoms with Crippen molar-refractivity contribution >= 4 is 39.6 Å². The van der Waals surface area contributed by atoms with Gasteiger partial charge < -0.3 is 4.90 Å². The highest BCUT2D eigenvalue weighted by atomic mass is 32.2. The smallest absolute Gasteiger partial charge is 0.0991 e. The fourth-order valence-electron chi connectivity index (χ4n) is 3.40. The van der Waals surface area contributed by atoms with Gasteiger partial charge in [-0.2, -0.15) is 5.26 Å². The van der Waals surface area contributed by atoms with E-state index >= 15 is 0 Å². The molecule has 0 unspecified atom stereocenters. The van der Waals surface area contributed by atoms with Crippen LogP contribution >= 0.6 is 11.8 Å². The van der Waals surface area contributed by atoms with Crippen LogP contribution in [0.25, 0.3) is 10.8 Å². The number of nitrogens with zero attached hydrogens (tertiary/aromatic N) is 2. The van der Waals surface area contributed by atoms with Gasteiger partial charge in [0.05, 0.1) is 23.0 Å². The monoisotopic (exact) mass is 350 g/mol. The van der Waals surface area contributed by atoms with E-state index in [1.54, 1.807) is 0 Å². The molecule has 26 heavy (non-hydrogen) atoms. The van der Waals surface area contributed by atoms with Crippen molar-refractivity contribution < 1.29 is 0 Å². The molecule has 0 fully saturated rings. The Bertz CT molecular complexity index is 1170. The number of hydrogen-bond donors (Lipinski definition) is 0. The van der Waals surface area contributed by atoms with Gasteiger partial charge in [-0.25, -0.2) is 0 Å². The molecule has 4 aromatic carbocycles. The molecule has 0 N–H and O–H groups in total. The maximum atomic E-state index is 9.11. The molecular weight excluding hydrogens is 336 g/mol. The Morgan fingerprint density at radius 1 is 0.692 bits per heavy atom. The number of benzene rings is 4. The van der Waals surface area contributed by atoms with E-state index in [0.29, 0.717) is 5.56 Å². The molecule has 0 aliphatic carbocycles. The Kier molecular flexibility index (Phi) is 3.44. The average Bonchev–Trinajstić information content (AvgIpc) is 2.70. The van der Waals surface area contributed by atoms with Crippen LogP contribution < -0.4 is 4.90 Å². The lowest BCUT2D eigenvalue weighted by Gasteiger charge is -2.33. The van der Waals surface area contributed by atoms with Crippen molar-refractivity contribution in [2.75, 3.05) is 4.90 Å². The summed E-state index contributed by atoms with van der Waals surface area (Å²) in [6.07, 6.45) is 0. The Labute approximate surface area is 156 Å². The van der Waals surface area contributed by atoms with Crippen LogP contribution in [0, 0.1) is 11.3 Å². The number of para-hydroxylation sites is 1. The molecule has 0 radical (unpaired) electrons. The summed E-state index contributed by atoms with van der Waals surface area (Å²) in [7, 11) is 0. The molecule has 0 saturated heterocycles. The SMILES string of the molecule is N#Cc1ccc(N2c3ccccc3Sc3cc4ccccc4cc32)cc1. The number of hydrogen-bond acceptors (Lipinski definition) is 3. The van der Waals surface area contributed by atoms with Gasteiger partial charge in [0.2, 0.25) is 0 Å². The first-order chi connectivity index (χ1) is 12.8. The van der Waals surface area contributed by atoms with E-state index in [1.165, 1.54) is 31.9 Å². The highest BCUT2D eigenvalue weighted by Crippen LogP contribution is 2.52. The summed E-state index contributed by atoms with van der Waals surface area (Å²) in [5, 5.41) is 11.6. The van der Waals surface area contributed by atoms with E-state index in [4.69, 9.17) is 5.26 Å². The molecule has 0 atom stereocenters. The normalized spacial score (nSPS) is 12.3. The molecule has 1 aliphatic heterocycles. The second kappa shape index (κ2) is 5.94. The van der Waals surface area contributed by atoms with E-state index in [0.717, 1.165) is 5.69 Å². The molecule has 0 aromatic heterocycles. The minimum absolute atomic E-state index is 0.673. The molecule has 3 heteroatoms. The molecule has 122 valence electrons. The van der Waals surface area contributed by atoms with Crippen LogP contribution in [0.4, 0.5) is 17.1 Å². The Balaban J connectivity index is 1.77. The maximum absolute atomic E-state index is 9.11. The summed E-state index contributed by atoms with van der Waals surface area (Å²) in [4.78, 5) is 4.76. The third kappa shape index (κ3) is 2.35. The van der Waals surface area contributed by atoms with Crippen molar-refractivity contribution in [2.24, 2.45) is 0 Å².